The van der Waals surface area contributed by atoms with Gasteiger partial charge in [-0.05, 0) is 54.6 Å². The lowest BCUT2D eigenvalue weighted by molar-refractivity contribution is -0.324. The van der Waals surface area contributed by atoms with E-state index in [-0.39, 0.29) is 23.3 Å². The Kier molecular flexibility index (Phi) is 6.57. The van der Waals surface area contributed by atoms with Gasteiger partial charge in [-0.1, -0.05) is 11.6 Å². The van der Waals surface area contributed by atoms with E-state index in [0.29, 0.717) is 29.2 Å². The predicted octanol–water partition coefficient (Wildman–Crippen LogP) is 4.35. The lowest BCUT2D eigenvalue weighted by Crippen LogP contribution is -2.26. The number of hydrogen-bond donors (Lipinski definition) is 2. The van der Waals surface area contributed by atoms with Crippen molar-refractivity contribution in [3.05, 3.63) is 45.7 Å². The molecule has 3 aromatic heterocycles. The summed E-state index contributed by atoms with van der Waals surface area (Å²) in [5, 5.41) is 7.51. The van der Waals surface area contributed by atoms with Gasteiger partial charge in [-0.3, -0.25) is 4.74 Å². The fourth-order valence-corrected chi connectivity index (χ4v) is 3.44. The van der Waals surface area contributed by atoms with Crippen molar-refractivity contribution in [3.8, 4) is 0 Å². The molecular formula is C17H18Cl2F3N5O2. The van der Waals surface area contributed by atoms with Gasteiger partial charge in [-0.25, -0.2) is 4.52 Å². The van der Waals surface area contributed by atoms with Crippen LogP contribution in [0.15, 0.2) is 22.8 Å². The Hall–Kier alpha value is -2.01. The zero-order valence-corrected chi connectivity index (χ0v) is 16.8. The molecule has 0 aliphatic carbocycles. The molecule has 0 radical (unpaired) electrons. The first-order valence-electron chi connectivity index (χ1n) is 8.61. The predicted molar refractivity (Wildman–Crippen MR) is 102 cm³/mol. The smallest absolute Gasteiger partial charge is 0.467 e. The number of fused-ring (bicyclic) bond motifs is 1. The number of aromatic nitrogens is 3. The van der Waals surface area contributed by atoms with Crippen molar-refractivity contribution in [1.29, 1.82) is 0 Å². The van der Waals surface area contributed by atoms with Crippen LogP contribution in [0.5, 0.6) is 0 Å². The SMILES string of the molecule is Cc1c(C[C@@H](N)CCOC(F)(F)F)c(Cl)n2nc(Cl)nc(NCc3ccco3)c12. The molecule has 0 unspecified atom stereocenters. The van der Waals surface area contributed by atoms with Gasteiger partial charge in [0.05, 0.1) is 19.4 Å². The Morgan fingerprint density at radius 1 is 1.38 bits per heavy atom. The minimum absolute atomic E-state index is 0.0114. The first kappa shape index (κ1) is 21.7. The number of furan rings is 1. The topological polar surface area (TPSA) is 90.6 Å². The summed E-state index contributed by atoms with van der Waals surface area (Å²) in [4.78, 5) is 4.22. The van der Waals surface area contributed by atoms with Crippen LogP contribution in [0.25, 0.3) is 5.52 Å². The quantitative estimate of drug-likeness (QED) is 0.529. The molecule has 0 aliphatic rings. The number of hydrogen-bond acceptors (Lipinski definition) is 6. The van der Waals surface area contributed by atoms with Crippen LogP contribution in [-0.2, 0) is 17.7 Å². The van der Waals surface area contributed by atoms with Crippen LogP contribution in [0, 0.1) is 6.92 Å². The van der Waals surface area contributed by atoms with E-state index in [4.69, 9.17) is 33.4 Å². The fourth-order valence-electron chi connectivity index (χ4n) is 2.94. The highest BCUT2D eigenvalue weighted by molar-refractivity contribution is 6.31. The minimum atomic E-state index is -4.68. The first-order valence-corrected chi connectivity index (χ1v) is 9.37. The fraction of sp³-hybridized carbons (Fsp3) is 0.412. The second-order valence-corrected chi connectivity index (χ2v) is 7.06. The van der Waals surface area contributed by atoms with Crippen LogP contribution >= 0.6 is 23.2 Å². The molecule has 29 heavy (non-hydrogen) atoms. The maximum atomic E-state index is 12.1. The summed E-state index contributed by atoms with van der Waals surface area (Å²) < 4.78 is 46.9. The Balaban J connectivity index is 1.82. The second kappa shape index (κ2) is 8.78. The number of ether oxygens (including phenoxy) is 1. The van der Waals surface area contributed by atoms with Crippen molar-refractivity contribution < 1.29 is 22.3 Å². The van der Waals surface area contributed by atoms with Gasteiger partial charge in [0.15, 0.2) is 5.82 Å². The number of anilines is 1. The summed E-state index contributed by atoms with van der Waals surface area (Å²) in [6.45, 7) is 1.64. The lowest BCUT2D eigenvalue weighted by atomic mass is 10.0. The molecule has 7 nitrogen and oxygen atoms in total. The highest BCUT2D eigenvalue weighted by atomic mass is 35.5. The van der Waals surface area contributed by atoms with E-state index in [1.54, 1.807) is 18.4 Å². The molecule has 3 rings (SSSR count). The number of nitrogens with two attached hydrogens (primary N) is 1. The summed E-state index contributed by atoms with van der Waals surface area (Å²) in [6.07, 6.45) is -2.87. The number of nitrogens with one attached hydrogen (secondary N) is 1. The maximum absolute atomic E-state index is 12.1. The molecule has 1 atom stereocenters. The molecule has 0 fully saturated rings. The number of alkyl halides is 3. The van der Waals surface area contributed by atoms with Crippen LogP contribution in [0.2, 0.25) is 10.4 Å². The average molecular weight is 452 g/mol. The Labute approximate surface area is 173 Å². The standard InChI is InChI=1S/C17H18Cl2F3N5O2/c1-9-12(7-10(23)4-6-29-17(20,21)22)14(18)27-13(9)15(25-16(19)26-27)24-8-11-3-2-5-28-11/h2-3,5,10H,4,6-8,23H2,1H3,(H,24,25,26)/t10-/m0/s1. The molecule has 0 aliphatic heterocycles. The zero-order chi connectivity index (χ0) is 21.2. The number of rotatable bonds is 8. The molecule has 0 amide bonds. The van der Waals surface area contributed by atoms with E-state index in [9.17, 15) is 13.2 Å². The summed E-state index contributed by atoms with van der Waals surface area (Å²) >= 11 is 12.5. The van der Waals surface area contributed by atoms with Crippen LogP contribution in [0.4, 0.5) is 19.0 Å². The molecule has 0 aromatic carbocycles. The number of halogens is 5. The van der Waals surface area contributed by atoms with E-state index >= 15 is 0 Å². The van der Waals surface area contributed by atoms with Crippen molar-refractivity contribution in [3.63, 3.8) is 0 Å². The highest BCUT2D eigenvalue weighted by Gasteiger charge is 2.29. The molecule has 0 spiro atoms. The molecule has 3 heterocycles. The monoisotopic (exact) mass is 451 g/mol. The van der Waals surface area contributed by atoms with Gasteiger partial charge in [0.1, 0.15) is 16.4 Å². The molecule has 0 saturated heterocycles. The van der Waals surface area contributed by atoms with Crippen LogP contribution < -0.4 is 11.1 Å². The molecular weight excluding hydrogens is 434 g/mol. The van der Waals surface area contributed by atoms with E-state index < -0.39 is 19.0 Å². The van der Waals surface area contributed by atoms with Crippen molar-refractivity contribution in [1.82, 2.24) is 14.6 Å². The first-order chi connectivity index (χ1) is 13.7. The third kappa shape index (κ3) is 5.33. The van der Waals surface area contributed by atoms with Crippen LogP contribution in [-0.4, -0.2) is 33.6 Å². The molecule has 3 aromatic rings. The van der Waals surface area contributed by atoms with E-state index in [0.717, 1.165) is 5.56 Å². The highest BCUT2D eigenvalue weighted by Crippen LogP contribution is 2.32. The molecule has 0 saturated carbocycles. The molecule has 12 heteroatoms. The molecule has 0 bridgehead atoms. The van der Waals surface area contributed by atoms with Crippen LogP contribution in [0.3, 0.4) is 0 Å². The summed E-state index contributed by atoms with van der Waals surface area (Å²) in [6, 6.07) is 2.98. The third-order valence-electron chi connectivity index (χ3n) is 4.30. The summed E-state index contributed by atoms with van der Waals surface area (Å²) in [5.41, 5.74) is 7.98. The van der Waals surface area contributed by atoms with Crippen molar-refractivity contribution in [2.24, 2.45) is 5.73 Å². The van der Waals surface area contributed by atoms with Gasteiger partial charge in [-0.2, -0.15) is 4.98 Å². The summed E-state index contributed by atoms with van der Waals surface area (Å²) in [7, 11) is 0. The lowest BCUT2D eigenvalue weighted by Gasteiger charge is -2.13. The summed E-state index contributed by atoms with van der Waals surface area (Å²) in [5.74, 6) is 1.14. The van der Waals surface area contributed by atoms with Gasteiger partial charge >= 0.3 is 6.36 Å². The average Bonchev–Trinajstić information content (AvgIpc) is 3.22. The molecule has 158 valence electrons. The van der Waals surface area contributed by atoms with Crippen LogP contribution in [0.1, 0.15) is 23.3 Å². The van der Waals surface area contributed by atoms with E-state index in [2.05, 4.69) is 20.1 Å². The minimum Gasteiger partial charge on any atom is -0.467 e. The Bertz CT molecular complexity index is 976. The zero-order valence-electron chi connectivity index (χ0n) is 15.3. The van der Waals surface area contributed by atoms with Gasteiger partial charge in [0, 0.05) is 6.04 Å². The van der Waals surface area contributed by atoms with Crippen molar-refractivity contribution in [2.45, 2.75) is 38.7 Å². The largest absolute Gasteiger partial charge is 0.522 e. The normalized spacial score (nSPS) is 13.2. The Morgan fingerprint density at radius 3 is 2.79 bits per heavy atom. The van der Waals surface area contributed by atoms with E-state index in [1.165, 1.54) is 4.52 Å². The number of nitrogens with zero attached hydrogens (tertiary/aromatic N) is 3. The maximum Gasteiger partial charge on any atom is 0.522 e. The Morgan fingerprint density at radius 2 is 2.14 bits per heavy atom. The van der Waals surface area contributed by atoms with Crippen molar-refractivity contribution >= 4 is 34.5 Å². The van der Waals surface area contributed by atoms with Gasteiger partial charge in [0.2, 0.25) is 5.28 Å². The van der Waals surface area contributed by atoms with Gasteiger partial charge in [0.25, 0.3) is 0 Å². The van der Waals surface area contributed by atoms with Gasteiger partial charge < -0.3 is 15.5 Å². The van der Waals surface area contributed by atoms with E-state index in [1.807, 2.05) is 6.92 Å². The third-order valence-corrected chi connectivity index (χ3v) is 4.84. The second-order valence-electron chi connectivity index (χ2n) is 6.36. The number of aryl methyl sites for hydroxylation is 1. The van der Waals surface area contributed by atoms with Gasteiger partial charge in [-0.15, -0.1) is 18.3 Å². The molecule has 3 N–H and O–H groups in total. The van der Waals surface area contributed by atoms with Crippen molar-refractivity contribution in [2.75, 3.05) is 11.9 Å².